The summed E-state index contributed by atoms with van der Waals surface area (Å²) in [5.74, 6) is 1.38. The van der Waals surface area contributed by atoms with Gasteiger partial charge < -0.3 is 0 Å². The first kappa shape index (κ1) is 7.88. The van der Waals surface area contributed by atoms with Crippen LogP contribution < -0.4 is 0 Å². The smallest absolute Gasteiger partial charge is 0.0659 e. The fraction of sp³-hybridized carbons (Fsp3) is 0.875. The normalized spacial score (nSPS) is 33.2. The molecular formula is C8H12ClN. The molecule has 0 aromatic rings. The number of rotatable bonds is 1. The first-order valence-corrected chi connectivity index (χ1v) is 4.37. The van der Waals surface area contributed by atoms with E-state index in [-0.39, 0.29) is 5.92 Å². The molecule has 0 saturated heterocycles. The molecule has 2 atom stereocenters. The van der Waals surface area contributed by atoms with Crippen molar-refractivity contribution in [2.75, 3.05) is 5.88 Å². The summed E-state index contributed by atoms with van der Waals surface area (Å²) in [6.07, 6.45) is 4.69. The zero-order valence-corrected chi connectivity index (χ0v) is 6.77. The molecule has 0 heterocycles. The maximum Gasteiger partial charge on any atom is 0.0659 e. The lowest BCUT2D eigenvalue weighted by Crippen LogP contribution is -2.19. The van der Waals surface area contributed by atoms with Crippen LogP contribution in [0.3, 0.4) is 0 Å². The van der Waals surface area contributed by atoms with E-state index in [2.05, 4.69) is 6.07 Å². The SMILES string of the molecule is N#CC1CCCCC1CCl. The van der Waals surface area contributed by atoms with Gasteiger partial charge in [0.2, 0.25) is 0 Å². The number of nitrogens with zero attached hydrogens (tertiary/aromatic N) is 1. The van der Waals surface area contributed by atoms with Gasteiger partial charge in [-0.15, -0.1) is 11.6 Å². The molecule has 0 bridgehead atoms. The summed E-state index contributed by atoms with van der Waals surface area (Å²) in [5.41, 5.74) is 0. The highest BCUT2D eigenvalue weighted by Gasteiger charge is 2.23. The second-order valence-electron chi connectivity index (χ2n) is 2.93. The van der Waals surface area contributed by atoms with E-state index in [1.807, 2.05) is 0 Å². The zero-order chi connectivity index (χ0) is 7.40. The Morgan fingerprint density at radius 3 is 2.60 bits per heavy atom. The minimum absolute atomic E-state index is 0.242. The minimum Gasteiger partial charge on any atom is -0.198 e. The molecule has 1 rings (SSSR count). The lowest BCUT2D eigenvalue weighted by Gasteiger charge is -2.24. The molecule has 2 unspecified atom stereocenters. The molecule has 0 amide bonds. The quantitative estimate of drug-likeness (QED) is 0.537. The fourth-order valence-corrected chi connectivity index (χ4v) is 1.93. The Bertz CT molecular complexity index is 139. The Morgan fingerprint density at radius 1 is 1.40 bits per heavy atom. The van der Waals surface area contributed by atoms with Crippen molar-refractivity contribution >= 4 is 11.6 Å². The van der Waals surface area contributed by atoms with Gasteiger partial charge in [-0.1, -0.05) is 12.8 Å². The lowest BCUT2D eigenvalue weighted by molar-refractivity contribution is 0.317. The van der Waals surface area contributed by atoms with E-state index in [0.717, 1.165) is 12.8 Å². The third kappa shape index (κ3) is 1.64. The van der Waals surface area contributed by atoms with Crippen molar-refractivity contribution < 1.29 is 0 Å². The summed E-state index contributed by atoms with van der Waals surface area (Å²) in [4.78, 5) is 0. The van der Waals surface area contributed by atoms with E-state index >= 15 is 0 Å². The third-order valence-electron chi connectivity index (χ3n) is 2.27. The van der Waals surface area contributed by atoms with E-state index in [9.17, 15) is 0 Å². The second kappa shape index (κ2) is 3.83. The van der Waals surface area contributed by atoms with Crippen molar-refractivity contribution in [1.29, 1.82) is 5.26 Å². The molecule has 2 heteroatoms. The first-order valence-electron chi connectivity index (χ1n) is 3.84. The Morgan fingerprint density at radius 2 is 2.10 bits per heavy atom. The second-order valence-corrected chi connectivity index (χ2v) is 3.24. The monoisotopic (exact) mass is 157 g/mol. The molecule has 0 N–H and O–H groups in total. The molecule has 0 spiro atoms. The lowest BCUT2D eigenvalue weighted by atomic mass is 9.81. The fourth-order valence-electron chi connectivity index (χ4n) is 1.56. The van der Waals surface area contributed by atoms with E-state index in [0.29, 0.717) is 11.8 Å². The third-order valence-corrected chi connectivity index (χ3v) is 2.67. The van der Waals surface area contributed by atoms with Gasteiger partial charge in [0.05, 0.1) is 12.0 Å². The first-order chi connectivity index (χ1) is 4.88. The van der Waals surface area contributed by atoms with Crippen molar-refractivity contribution in [2.45, 2.75) is 25.7 Å². The van der Waals surface area contributed by atoms with Gasteiger partial charge >= 0.3 is 0 Å². The Hall–Kier alpha value is -0.220. The van der Waals surface area contributed by atoms with Crippen LogP contribution in [-0.4, -0.2) is 5.88 Å². The maximum atomic E-state index is 8.68. The highest BCUT2D eigenvalue weighted by atomic mass is 35.5. The molecule has 1 nitrogen and oxygen atoms in total. The van der Waals surface area contributed by atoms with Crippen LogP contribution >= 0.6 is 11.6 Å². The molecular weight excluding hydrogens is 146 g/mol. The predicted octanol–water partition coefficient (Wildman–Crippen LogP) is 2.56. The molecule has 0 aromatic carbocycles. The molecule has 1 aliphatic rings. The van der Waals surface area contributed by atoms with E-state index in [1.54, 1.807) is 0 Å². The summed E-state index contributed by atoms with van der Waals surface area (Å²) in [7, 11) is 0. The van der Waals surface area contributed by atoms with Crippen molar-refractivity contribution in [3.63, 3.8) is 0 Å². The highest BCUT2D eigenvalue weighted by Crippen LogP contribution is 2.29. The number of nitriles is 1. The number of hydrogen-bond donors (Lipinski definition) is 0. The van der Waals surface area contributed by atoms with Crippen molar-refractivity contribution in [1.82, 2.24) is 0 Å². The van der Waals surface area contributed by atoms with Gasteiger partial charge in [0, 0.05) is 5.88 Å². The summed E-state index contributed by atoms with van der Waals surface area (Å²) in [6, 6.07) is 2.32. The summed E-state index contributed by atoms with van der Waals surface area (Å²) in [5, 5.41) is 8.68. The van der Waals surface area contributed by atoms with Crippen LogP contribution in [-0.2, 0) is 0 Å². The van der Waals surface area contributed by atoms with Crippen LogP contribution in [0.2, 0.25) is 0 Å². The summed E-state index contributed by atoms with van der Waals surface area (Å²) < 4.78 is 0. The van der Waals surface area contributed by atoms with Crippen molar-refractivity contribution in [3.05, 3.63) is 0 Å². The average Bonchev–Trinajstić information content (AvgIpc) is 2.04. The number of hydrogen-bond acceptors (Lipinski definition) is 1. The number of alkyl halides is 1. The van der Waals surface area contributed by atoms with Gasteiger partial charge in [-0.2, -0.15) is 5.26 Å². The Labute approximate surface area is 67.0 Å². The topological polar surface area (TPSA) is 23.8 Å². The van der Waals surface area contributed by atoms with Crippen LogP contribution in [0.1, 0.15) is 25.7 Å². The van der Waals surface area contributed by atoms with E-state index < -0.39 is 0 Å². The molecule has 56 valence electrons. The molecule has 0 aliphatic heterocycles. The van der Waals surface area contributed by atoms with Gasteiger partial charge in [0.1, 0.15) is 0 Å². The van der Waals surface area contributed by atoms with Crippen LogP contribution in [0.25, 0.3) is 0 Å². The van der Waals surface area contributed by atoms with Crippen LogP contribution in [0, 0.1) is 23.2 Å². The van der Waals surface area contributed by atoms with Gasteiger partial charge in [-0.25, -0.2) is 0 Å². The largest absolute Gasteiger partial charge is 0.198 e. The van der Waals surface area contributed by atoms with E-state index in [1.165, 1.54) is 12.8 Å². The van der Waals surface area contributed by atoms with Crippen molar-refractivity contribution in [2.24, 2.45) is 11.8 Å². The Kier molecular flexibility index (Phi) is 3.02. The molecule has 0 radical (unpaired) electrons. The molecule has 1 aliphatic carbocycles. The molecule has 1 saturated carbocycles. The zero-order valence-electron chi connectivity index (χ0n) is 6.02. The van der Waals surface area contributed by atoms with Crippen LogP contribution in [0.4, 0.5) is 0 Å². The van der Waals surface area contributed by atoms with Gasteiger partial charge in [-0.3, -0.25) is 0 Å². The van der Waals surface area contributed by atoms with Crippen LogP contribution in [0.5, 0.6) is 0 Å². The molecule has 10 heavy (non-hydrogen) atoms. The summed E-state index contributed by atoms with van der Waals surface area (Å²) in [6.45, 7) is 0. The average molecular weight is 158 g/mol. The molecule has 1 fully saturated rings. The predicted molar refractivity (Wildman–Crippen MR) is 41.8 cm³/mol. The van der Waals surface area contributed by atoms with Gasteiger partial charge in [0.25, 0.3) is 0 Å². The Balaban J connectivity index is 2.44. The minimum atomic E-state index is 0.242. The summed E-state index contributed by atoms with van der Waals surface area (Å²) >= 11 is 5.70. The van der Waals surface area contributed by atoms with Crippen molar-refractivity contribution in [3.8, 4) is 6.07 Å². The van der Waals surface area contributed by atoms with Gasteiger partial charge in [-0.05, 0) is 18.8 Å². The number of halogens is 1. The van der Waals surface area contributed by atoms with Crippen LogP contribution in [0.15, 0.2) is 0 Å². The standard InChI is InChI=1S/C8H12ClN/c9-5-7-3-1-2-4-8(7)6-10/h7-8H,1-5H2. The highest BCUT2D eigenvalue weighted by molar-refractivity contribution is 6.18. The van der Waals surface area contributed by atoms with Gasteiger partial charge in [0.15, 0.2) is 0 Å². The maximum absolute atomic E-state index is 8.68. The molecule has 0 aromatic heterocycles. The van der Waals surface area contributed by atoms with E-state index in [4.69, 9.17) is 16.9 Å².